The molecular weight excluding hydrogens is 414 g/mol. The Hall–Kier alpha value is -3.17. The third-order valence-corrected chi connectivity index (χ3v) is 5.12. The fraction of sp³-hybridized carbons (Fsp3) is 0.381. The van der Waals surface area contributed by atoms with Crippen molar-refractivity contribution in [2.24, 2.45) is 5.92 Å². The van der Waals surface area contributed by atoms with Gasteiger partial charge in [0.1, 0.15) is 5.82 Å². The number of benzene rings is 1. The number of alkyl halides is 3. The minimum atomic E-state index is -4.52. The van der Waals surface area contributed by atoms with Crippen molar-refractivity contribution < 1.29 is 22.4 Å². The summed E-state index contributed by atoms with van der Waals surface area (Å²) in [4.78, 5) is 12.6. The molecule has 1 aliphatic rings. The number of nitrogens with one attached hydrogen (secondary N) is 1. The molecule has 1 fully saturated rings. The minimum Gasteiger partial charge on any atom is -0.309 e. The molecule has 2 aromatic heterocycles. The van der Waals surface area contributed by atoms with E-state index in [2.05, 4.69) is 15.5 Å². The van der Waals surface area contributed by atoms with Gasteiger partial charge in [-0.2, -0.15) is 23.4 Å². The highest BCUT2D eigenvalue weighted by Crippen LogP contribution is 2.42. The molecule has 0 spiro atoms. The standard InChI is InChI=1S/C21H21F4N5O/c1-13(11-30-17(15-5-6-15)10-18(27-30)21(23,24)25)20(31)26-19-7-8-29(28-19)12-14-3-2-4-16(22)9-14/h2-4,7-10,13,15H,5-6,11-12H2,1H3,(H,26,28,31). The third kappa shape index (κ3) is 5.12. The minimum absolute atomic E-state index is 0.0394. The molecule has 4 rings (SSSR count). The van der Waals surface area contributed by atoms with Crippen molar-refractivity contribution >= 4 is 11.7 Å². The summed E-state index contributed by atoms with van der Waals surface area (Å²) in [5.41, 5.74) is 0.311. The van der Waals surface area contributed by atoms with Crippen molar-refractivity contribution in [3.63, 3.8) is 0 Å². The monoisotopic (exact) mass is 435 g/mol. The van der Waals surface area contributed by atoms with Crippen molar-refractivity contribution in [2.75, 3.05) is 5.32 Å². The normalized spacial score (nSPS) is 15.1. The number of carbonyl (C=O) groups is 1. The number of nitrogens with zero attached hydrogens (tertiary/aromatic N) is 4. The zero-order chi connectivity index (χ0) is 22.2. The molecular formula is C21H21F4N5O. The highest BCUT2D eigenvalue weighted by atomic mass is 19.4. The average Bonchev–Trinajstić information content (AvgIpc) is 3.30. The zero-order valence-corrected chi connectivity index (χ0v) is 16.7. The van der Waals surface area contributed by atoms with Crippen molar-refractivity contribution in [2.45, 2.75) is 44.9 Å². The predicted molar refractivity (Wildman–Crippen MR) is 105 cm³/mol. The summed E-state index contributed by atoms with van der Waals surface area (Å²) in [6, 6.07) is 8.81. The maximum Gasteiger partial charge on any atom is 0.435 e. The maximum absolute atomic E-state index is 13.3. The van der Waals surface area contributed by atoms with Crippen molar-refractivity contribution in [1.82, 2.24) is 19.6 Å². The van der Waals surface area contributed by atoms with Crippen LogP contribution in [-0.2, 0) is 24.1 Å². The van der Waals surface area contributed by atoms with Crippen molar-refractivity contribution in [1.29, 1.82) is 0 Å². The molecule has 0 radical (unpaired) electrons. The second-order valence-corrected chi connectivity index (χ2v) is 7.83. The molecule has 10 heteroatoms. The van der Waals surface area contributed by atoms with Gasteiger partial charge in [-0.3, -0.25) is 14.2 Å². The van der Waals surface area contributed by atoms with Gasteiger partial charge in [0.2, 0.25) is 5.91 Å². The quantitative estimate of drug-likeness (QED) is 0.558. The molecule has 1 aliphatic carbocycles. The number of hydrogen-bond acceptors (Lipinski definition) is 3. The number of aromatic nitrogens is 4. The van der Waals surface area contributed by atoms with Crippen LogP contribution >= 0.6 is 0 Å². The summed E-state index contributed by atoms with van der Waals surface area (Å²) in [5.74, 6) is -0.956. The molecule has 1 N–H and O–H groups in total. The first-order chi connectivity index (χ1) is 14.7. The molecule has 1 aromatic carbocycles. The Labute approximate surface area is 175 Å². The van der Waals surface area contributed by atoms with E-state index in [0.29, 0.717) is 18.1 Å². The van der Waals surface area contributed by atoms with E-state index in [1.807, 2.05) is 0 Å². The van der Waals surface area contributed by atoms with Crippen LogP contribution in [0.2, 0.25) is 0 Å². The highest BCUT2D eigenvalue weighted by Gasteiger charge is 2.38. The van der Waals surface area contributed by atoms with Gasteiger partial charge in [-0.25, -0.2) is 4.39 Å². The Morgan fingerprint density at radius 3 is 2.68 bits per heavy atom. The van der Waals surface area contributed by atoms with E-state index in [4.69, 9.17) is 0 Å². The lowest BCUT2D eigenvalue weighted by Crippen LogP contribution is -2.26. The van der Waals surface area contributed by atoms with Gasteiger partial charge < -0.3 is 5.32 Å². The summed E-state index contributed by atoms with van der Waals surface area (Å²) >= 11 is 0. The Morgan fingerprint density at radius 2 is 2.00 bits per heavy atom. The van der Waals surface area contributed by atoms with Crippen LogP contribution in [0.15, 0.2) is 42.6 Å². The van der Waals surface area contributed by atoms with E-state index in [-0.39, 0.29) is 24.2 Å². The fourth-order valence-electron chi connectivity index (χ4n) is 3.35. The highest BCUT2D eigenvalue weighted by molar-refractivity contribution is 5.91. The molecule has 2 heterocycles. The van der Waals surface area contributed by atoms with Crippen molar-refractivity contribution in [3.8, 4) is 0 Å². The molecule has 1 amide bonds. The Morgan fingerprint density at radius 1 is 1.23 bits per heavy atom. The Balaban J connectivity index is 1.39. The van der Waals surface area contributed by atoms with Crippen LogP contribution in [0.5, 0.6) is 0 Å². The first-order valence-corrected chi connectivity index (χ1v) is 9.93. The molecule has 164 valence electrons. The zero-order valence-electron chi connectivity index (χ0n) is 16.7. The van der Waals surface area contributed by atoms with Gasteiger partial charge in [-0.15, -0.1) is 0 Å². The van der Waals surface area contributed by atoms with Gasteiger partial charge in [0, 0.05) is 23.9 Å². The molecule has 0 saturated heterocycles. The van der Waals surface area contributed by atoms with E-state index in [1.54, 1.807) is 36.0 Å². The number of anilines is 1. The Kier molecular flexibility index (Phi) is 5.55. The summed E-state index contributed by atoms with van der Waals surface area (Å²) < 4.78 is 55.3. The second kappa shape index (κ2) is 8.16. The molecule has 31 heavy (non-hydrogen) atoms. The number of halogens is 4. The smallest absolute Gasteiger partial charge is 0.309 e. The number of rotatable bonds is 7. The number of amides is 1. The molecule has 0 bridgehead atoms. The van der Waals surface area contributed by atoms with Crippen LogP contribution in [0.4, 0.5) is 23.4 Å². The first-order valence-electron chi connectivity index (χ1n) is 9.93. The van der Waals surface area contributed by atoms with Crippen LogP contribution in [0.25, 0.3) is 0 Å². The maximum atomic E-state index is 13.3. The van der Waals surface area contributed by atoms with E-state index in [1.165, 1.54) is 16.8 Å². The lowest BCUT2D eigenvalue weighted by Gasteiger charge is -2.13. The molecule has 6 nitrogen and oxygen atoms in total. The number of hydrogen-bond donors (Lipinski definition) is 1. The summed E-state index contributed by atoms with van der Waals surface area (Å²) in [5, 5.41) is 10.6. The van der Waals surface area contributed by atoms with Gasteiger partial charge in [-0.05, 0) is 36.6 Å². The van der Waals surface area contributed by atoms with Gasteiger partial charge in [-0.1, -0.05) is 19.1 Å². The van der Waals surface area contributed by atoms with Crippen LogP contribution in [0.3, 0.4) is 0 Å². The molecule has 1 saturated carbocycles. The fourth-order valence-corrected chi connectivity index (χ4v) is 3.35. The van der Waals surface area contributed by atoms with Crippen molar-refractivity contribution in [3.05, 3.63) is 65.4 Å². The second-order valence-electron chi connectivity index (χ2n) is 7.83. The number of carbonyl (C=O) groups excluding carboxylic acids is 1. The molecule has 0 aliphatic heterocycles. The topological polar surface area (TPSA) is 64.7 Å². The van der Waals surface area contributed by atoms with Gasteiger partial charge in [0.25, 0.3) is 0 Å². The summed E-state index contributed by atoms with van der Waals surface area (Å²) in [7, 11) is 0. The van der Waals surface area contributed by atoms with E-state index in [0.717, 1.165) is 24.5 Å². The first kappa shape index (κ1) is 21.1. The lowest BCUT2D eigenvalue weighted by atomic mass is 10.1. The molecule has 1 unspecified atom stereocenters. The van der Waals surface area contributed by atoms with Crippen LogP contribution < -0.4 is 5.32 Å². The van der Waals surface area contributed by atoms with E-state index in [9.17, 15) is 22.4 Å². The lowest BCUT2D eigenvalue weighted by molar-refractivity contribution is -0.141. The Bertz CT molecular complexity index is 1080. The third-order valence-electron chi connectivity index (χ3n) is 5.12. The van der Waals surface area contributed by atoms with Crippen LogP contribution in [0.1, 0.15) is 42.6 Å². The predicted octanol–water partition coefficient (Wildman–Crippen LogP) is 4.44. The van der Waals surface area contributed by atoms with E-state index >= 15 is 0 Å². The van der Waals surface area contributed by atoms with Crippen LogP contribution in [-0.4, -0.2) is 25.5 Å². The SMILES string of the molecule is CC(Cn1nc(C(F)(F)F)cc1C1CC1)C(=O)Nc1ccn(Cc2cccc(F)c2)n1. The van der Waals surface area contributed by atoms with Gasteiger partial charge in [0.05, 0.1) is 19.0 Å². The van der Waals surface area contributed by atoms with Crippen LogP contribution in [0, 0.1) is 11.7 Å². The summed E-state index contributed by atoms with van der Waals surface area (Å²) in [6.07, 6.45) is -1.22. The summed E-state index contributed by atoms with van der Waals surface area (Å²) in [6.45, 7) is 2.00. The molecule has 1 atom stereocenters. The largest absolute Gasteiger partial charge is 0.435 e. The average molecular weight is 435 g/mol. The molecule has 3 aromatic rings. The van der Waals surface area contributed by atoms with Gasteiger partial charge in [0.15, 0.2) is 11.5 Å². The van der Waals surface area contributed by atoms with Gasteiger partial charge >= 0.3 is 6.18 Å². The van der Waals surface area contributed by atoms with E-state index < -0.39 is 17.8 Å².